The van der Waals surface area contributed by atoms with E-state index in [1.165, 1.54) is 0 Å². The summed E-state index contributed by atoms with van der Waals surface area (Å²) in [6, 6.07) is 7.35. The molecule has 0 unspecified atom stereocenters. The molecule has 2 N–H and O–H groups in total. The molecule has 0 spiro atoms. The van der Waals surface area contributed by atoms with Gasteiger partial charge in [-0.3, -0.25) is 0 Å². The van der Waals surface area contributed by atoms with E-state index in [2.05, 4.69) is 17.2 Å². The first-order valence-electron chi connectivity index (χ1n) is 6.77. The lowest BCUT2D eigenvalue weighted by Crippen LogP contribution is -2.09. The minimum Gasteiger partial charge on any atom is -0.494 e. The highest BCUT2D eigenvalue weighted by Crippen LogP contribution is 2.16. The summed E-state index contributed by atoms with van der Waals surface area (Å²) >= 11 is 5.82. The molecule has 2 aromatic rings. The van der Waals surface area contributed by atoms with Crippen LogP contribution in [0.5, 0.6) is 5.75 Å². The Morgan fingerprint density at radius 3 is 2.75 bits per heavy atom. The summed E-state index contributed by atoms with van der Waals surface area (Å²) < 4.78 is 7.50. The van der Waals surface area contributed by atoms with Crippen LogP contribution < -0.4 is 10.5 Å². The number of aryl methyl sites for hydroxylation is 1. The van der Waals surface area contributed by atoms with Crippen LogP contribution in [0, 0.1) is 0 Å². The van der Waals surface area contributed by atoms with Crippen molar-refractivity contribution in [1.82, 2.24) is 15.0 Å². The van der Waals surface area contributed by atoms with Crippen molar-refractivity contribution in [3.63, 3.8) is 0 Å². The third-order valence-corrected chi connectivity index (χ3v) is 3.20. The summed E-state index contributed by atoms with van der Waals surface area (Å²) in [4.78, 5) is 0. The molecule has 0 amide bonds. The van der Waals surface area contributed by atoms with Gasteiger partial charge < -0.3 is 10.5 Å². The Balaban J connectivity index is 1.80. The van der Waals surface area contributed by atoms with E-state index in [0.717, 1.165) is 37.3 Å². The van der Waals surface area contributed by atoms with Crippen LogP contribution in [0.15, 0.2) is 24.3 Å². The molecule has 1 heterocycles. The third-order valence-electron chi connectivity index (χ3n) is 2.95. The quantitative estimate of drug-likeness (QED) is 0.797. The van der Waals surface area contributed by atoms with Crippen molar-refractivity contribution < 1.29 is 4.74 Å². The molecular formula is C14H19ClN4O. The molecule has 1 aromatic carbocycles. The number of nitrogens with zero attached hydrogens (tertiary/aromatic N) is 3. The van der Waals surface area contributed by atoms with E-state index in [9.17, 15) is 0 Å². The Hall–Kier alpha value is -1.75. The molecule has 5 nitrogen and oxygen atoms in total. The first-order valence-corrected chi connectivity index (χ1v) is 7.14. The zero-order valence-electron chi connectivity index (χ0n) is 11.6. The largest absolute Gasteiger partial charge is 0.494 e. The summed E-state index contributed by atoms with van der Waals surface area (Å²) in [6.07, 6.45) is 2.78. The normalized spacial score (nSPS) is 10.7. The molecule has 20 heavy (non-hydrogen) atoms. The van der Waals surface area contributed by atoms with Gasteiger partial charge in [0.05, 0.1) is 12.3 Å². The molecule has 0 aliphatic heterocycles. The second kappa shape index (κ2) is 7.14. The van der Waals surface area contributed by atoms with Gasteiger partial charge in [0.2, 0.25) is 0 Å². The van der Waals surface area contributed by atoms with E-state index < -0.39 is 0 Å². The fraction of sp³-hybridized carbons (Fsp3) is 0.429. The number of nitrogen functional groups attached to an aromatic ring is 1. The first kappa shape index (κ1) is 14.7. The summed E-state index contributed by atoms with van der Waals surface area (Å²) in [7, 11) is 0. The van der Waals surface area contributed by atoms with Gasteiger partial charge in [-0.2, -0.15) is 0 Å². The Bertz CT molecular complexity index is 539. The van der Waals surface area contributed by atoms with Crippen molar-refractivity contribution in [3.8, 4) is 5.75 Å². The molecule has 1 aromatic heterocycles. The standard InChI is InChI=1S/C14H19ClN4O/c1-2-4-13-14(16)17-18-19(13)9-3-10-20-12-7-5-11(15)6-8-12/h5-8H,2-4,9-10,16H2,1H3. The Kier molecular flexibility index (Phi) is 5.24. The van der Waals surface area contributed by atoms with Gasteiger partial charge in [0.25, 0.3) is 0 Å². The summed E-state index contributed by atoms with van der Waals surface area (Å²) in [5.41, 5.74) is 6.81. The van der Waals surface area contributed by atoms with Gasteiger partial charge in [0.1, 0.15) is 5.75 Å². The van der Waals surface area contributed by atoms with E-state index in [1.54, 1.807) is 0 Å². The van der Waals surface area contributed by atoms with Crippen molar-refractivity contribution in [1.29, 1.82) is 0 Å². The lowest BCUT2D eigenvalue weighted by atomic mass is 10.2. The van der Waals surface area contributed by atoms with Gasteiger partial charge in [-0.15, -0.1) is 5.10 Å². The molecule has 0 fully saturated rings. The molecule has 0 atom stereocenters. The molecule has 6 heteroatoms. The number of ether oxygens (including phenoxy) is 1. The molecule has 0 aliphatic carbocycles. The highest BCUT2D eigenvalue weighted by molar-refractivity contribution is 6.30. The molecule has 0 bridgehead atoms. The first-order chi connectivity index (χ1) is 9.70. The van der Waals surface area contributed by atoms with Crippen LogP contribution in [0.1, 0.15) is 25.5 Å². The maximum Gasteiger partial charge on any atom is 0.169 e. The van der Waals surface area contributed by atoms with Gasteiger partial charge >= 0.3 is 0 Å². The van der Waals surface area contributed by atoms with Gasteiger partial charge in [-0.25, -0.2) is 4.68 Å². The van der Waals surface area contributed by atoms with Crippen LogP contribution in [-0.4, -0.2) is 21.6 Å². The molecular weight excluding hydrogens is 276 g/mol. The van der Waals surface area contributed by atoms with Crippen LogP contribution in [0.4, 0.5) is 5.82 Å². The van der Waals surface area contributed by atoms with Crippen molar-refractivity contribution in [2.75, 3.05) is 12.3 Å². The van der Waals surface area contributed by atoms with Crippen molar-refractivity contribution >= 4 is 17.4 Å². The van der Waals surface area contributed by atoms with E-state index in [0.29, 0.717) is 17.4 Å². The molecule has 0 aliphatic rings. The predicted molar refractivity (Wildman–Crippen MR) is 80.0 cm³/mol. The minimum atomic E-state index is 0.533. The second-order valence-corrected chi connectivity index (χ2v) is 4.99. The molecule has 108 valence electrons. The van der Waals surface area contributed by atoms with Crippen molar-refractivity contribution in [3.05, 3.63) is 35.0 Å². The summed E-state index contributed by atoms with van der Waals surface area (Å²) in [5.74, 6) is 1.35. The minimum absolute atomic E-state index is 0.533. The second-order valence-electron chi connectivity index (χ2n) is 4.55. The fourth-order valence-electron chi connectivity index (χ4n) is 1.95. The third kappa shape index (κ3) is 3.87. The van der Waals surface area contributed by atoms with E-state index >= 15 is 0 Å². The van der Waals surface area contributed by atoms with Crippen LogP contribution in [0.3, 0.4) is 0 Å². The fourth-order valence-corrected chi connectivity index (χ4v) is 2.08. The Morgan fingerprint density at radius 2 is 2.05 bits per heavy atom. The zero-order valence-corrected chi connectivity index (χ0v) is 12.3. The van der Waals surface area contributed by atoms with E-state index in [4.69, 9.17) is 22.1 Å². The predicted octanol–water partition coefficient (Wildman–Crippen LogP) is 2.94. The zero-order chi connectivity index (χ0) is 14.4. The average molecular weight is 295 g/mol. The van der Waals surface area contributed by atoms with Crippen LogP contribution in [0.2, 0.25) is 5.02 Å². The smallest absolute Gasteiger partial charge is 0.169 e. The van der Waals surface area contributed by atoms with Crippen molar-refractivity contribution in [2.45, 2.75) is 32.7 Å². The topological polar surface area (TPSA) is 66.0 Å². The van der Waals surface area contributed by atoms with Gasteiger partial charge in [-0.1, -0.05) is 30.2 Å². The lowest BCUT2D eigenvalue weighted by Gasteiger charge is -2.08. The number of nitrogens with two attached hydrogens (primary N) is 1. The maximum atomic E-state index is 5.82. The number of halogens is 1. The van der Waals surface area contributed by atoms with Gasteiger partial charge in [0.15, 0.2) is 5.82 Å². The Morgan fingerprint density at radius 1 is 1.30 bits per heavy atom. The number of aromatic nitrogens is 3. The van der Waals surface area contributed by atoms with Crippen LogP contribution >= 0.6 is 11.6 Å². The number of benzene rings is 1. The lowest BCUT2D eigenvalue weighted by molar-refractivity contribution is 0.297. The number of hydrogen-bond acceptors (Lipinski definition) is 4. The van der Waals surface area contributed by atoms with Crippen LogP contribution in [-0.2, 0) is 13.0 Å². The summed E-state index contributed by atoms with van der Waals surface area (Å²) in [5, 5.41) is 8.68. The number of anilines is 1. The Labute approximate surface area is 123 Å². The van der Waals surface area contributed by atoms with Gasteiger partial charge in [-0.05, 0) is 30.7 Å². The van der Waals surface area contributed by atoms with E-state index in [1.807, 2.05) is 28.9 Å². The number of rotatable bonds is 7. The van der Waals surface area contributed by atoms with Gasteiger partial charge in [0, 0.05) is 18.0 Å². The van der Waals surface area contributed by atoms with Crippen molar-refractivity contribution in [2.24, 2.45) is 0 Å². The number of hydrogen-bond donors (Lipinski definition) is 1. The molecule has 2 rings (SSSR count). The monoisotopic (exact) mass is 294 g/mol. The molecule has 0 saturated heterocycles. The highest BCUT2D eigenvalue weighted by Gasteiger charge is 2.08. The summed E-state index contributed by atoms with van der Waals surface area (Å²) in [6.45, 7) is 3.49. The highest BCUT2D eigenvalue weighted by atomic mass is 35.5. The van der Waals surface area contributed by atoms with Crippen LogP contribution in [0.25, 0.3) is 0 Å². The molecule has 0 saturated carbocycles. The maximum absolute atomic E-state index is 5.82. The SMILES string of the molecule is CCCc1c(N)nnn1CCCOc1ccc(Cl)cc1. The molecule has 0 radical (unpaired) electrons. The van der Waals surface area contributed by atoms with E-state index in [-0.39, 0.29) is 0 Å². The average Bonchev–Trinajstić information content (AvgIpc) is 2.79.